The second-order valence-corrected chi connectivity index (χ2v) is 4.40. The van der Waals surface area contributed by atoms with Gasteiger partial charge in [0.05, 0.1) is 5.69 Å². The van der Waals surface area contributed by atoms with Crippen LogP contribution in [0.25, 0.3) is 0 Å². The third-order valence-electron chi connectivity index (χ3n) is 2.85. The van der Waals surface area contributed by atoms with E-state index in [9.17, 15) is 4.79 Å². The Morgan fingerprint density at radius 3 is 3.06 bits per heavy atom. The highest BCUT2D eigenvalue weighted by Gasteiger charge is 2.27. The molecule has 5 heteroatoms. The number of methoxy groups -OCH3 is 1. The van der Waals surface area contributed by atoms with Crippen molar-refractivity contribution in [3.05, 3.63) is 18.0 Å². The first kappa shape index (κ1) is 12.0. The van der Waals surface area contributed by atoms with Crippen molar-refractivity contribution in [1.82, 2.24) is 9.88 Å². The first-order valence-electron chi connectivity index (χ1n) is 5.97. The van der Waals surface area contributed by atoms with Crippen molar-refractivity contribution in [2.75, 3.05) is 26.0 Å². The van der Waals surface area contributed by atoms with E-state index in [0.29, 0.717) is 30.6 Å². The molecular weight excluding hydrogens is 218 g/mol. The van der Waals surface area contributed by atoms with Crippen LogP contribution in [0.4, 0.5) is 5.69 Å². The summed E-state index contributed by atoms with van der Waals surface area (Å²) in [6, 6.07) is 2.20. The number of carbonyl (C=O) groups is 1. The van der Waals surface area contributed by atoms with Crippen molar-refractivity contribution in [1.29, 1.82) is 0 Å². The van der Waals surface area contributed by atoms with Crippen LogP contribution < -0.4 is 11.1 Å². The summed E-state index contributed by atoms with van der Waals surface area (Å²) < 4.78 is 6.92. The lowest BCUT2D eigenvalue weighted by Gasteiger charge is -2.08. The summed E-state index contributed by atoms with van der Waals surface area (Å²) in [5.41, 5.74) is 7.06. The zero-order chi connectivity index (χ0) is 12.3. The third-order valence-corrected chi connectivity index (χ3v) is 2.85. The first-order valence-corrected chi connectivity index (χ1v) is 5.97. The SMILES string of the molecule is COCCCNC(=O)c1cc(N)cn1C1CC1. The van der Waals surface area contributed by atoms with Crippen molar-refractivity contribution in [3.8, 4) is 0 Å². The maximum atomic E-state index is 11.9. The lowest BCUT2D eigenvalue weighted by Crippen LogP contribution is -2.27. The number of anilines is 1. The molecule has 1 aromatic rings. The van der Waals surface area contributed by atoms with Crippen molar-refractivity contribution in [2.45, 2.75) is 25.3 Å². The second-order valence-electron chi connectivity index (χ2n) is 4.40. The second kappa shape index (κ2) is 5.23. The van der Waals surface area contributed by atoms with Crippen LogP contribution in [0.15, 0.2) is 12.3 Å². The van der Waals surface area contributed by atoms with Crippen molar-refractivity contribution < 1.29 is 9.53 Å². The first-order chi connectivity index (χ1) is 8.22. The lowest BCUT2D eigenvalue weighted by atomic mass is 10.3. The fraction of sp³-hybridized carbons (Fsp3) is 0.583. The zero-order valence-electron chi connectivity index (χ0n) is 10.1. The molecule has 0 aromatic carbocycles. The van der Waals surface area contributed by atoms with Crippen LogP contribution in [0.2, 0.25) is 0 Å². The Hall–Kier alpha value is -1.49. The molecule has 1 amide bonds. The van der Waals surface area contributed by atoms with Crippen LogP contribution in [0.3, 0.4) is 0 Å². The normalized spacial score (nSPS) is 14.9. The van der Waals surface area contributed by atoms with Gasteiger partial charge in [-0.15, -0.1) is 0 Å². The van der Waals surface area contributed by atoms with E-state index in [1.54, 1.807) is 13.2 Å². The van der Waals surface area contributed by atoms with Crippen LogP contribution in [0, 0.1) is 0 Å². The number of nitrogens with one attached hydrogen (secondary N) is 1. The van der Waals surface area contributed by atoms with Crippen molar-refractivity contribution in [3.63, 3.8) is 0 Å². The van der Waals surface area contributed by atoms with Crippen LogP contribution in [-0.2, 0) is 4.74 Å². The van der Waals surface area contributed by atoms with Gasteiger partial charge in [-0.2, -0.15) is 0 Å². The summed E-state index contributed by atoms with van der Waals surface area (Å²) in [6.45, 7) is 1.29. The predicted octanol–water partition coefficient (Wildman–Crippen LogP) is 1.17. The summed E-state index contributed by atoms with van der Waals surface area (Å²) in [6.07, 6.45) is 4.94. The molecule has 3 N–H and O–H groups in total. The van der Waals surface area contributed by atoms with Gasteiger partial charge in [0.15, 0.2) is 0 Å². The molecule has 0 radical (unpaired) electrons. The zero-order valence-corrected chi connectivity index (χ0v) is 10.1. The van der Waals surface area contributed by atoms with Gasteiger partial charge in [-0.05, 0) is 25.3 Å². The number of ether oxygens (including phenoxy) is 1. The smallest absolute Gasteiger partial charge is 0.267 e. The van der Waals surface area contributed by atoms with Gasteiger partial charge in [0.25, 0.3) is 5.91 Å². The highest BCUT2D eigenvalue weighted by molar-refractivity contribution is 5.93. The van der Waals surface area contributed by atoms with Gasteiger partial charge in [0.1, 0.15) is 5.69 Å². The molecule has 1 aliphatic rings. The van der Waals surface area contributed by atoms with Crippen molar-refractivity contribution >= 4 is 11.6 Å². The minimum atomic E-state index is -0.0512. The average Bonchev–Trinajstić information content (AvgIpc) is 3.08. The van der Waals surface area contributed by atoms with Crippen LogP contribution in [0.5, 0.6) is 0 Å². The Morgan fingerprint density at radius 2 is 2.41 bits per heavy atom. The van der Waals surface area contributed by atoms with Gasteiger partial charge in [-0.1, -0.05) is 0 Å². The molecule has 17 heavy (non-hydrogen) atoms. The molecule has 1 aliphatic carbocycles. The van der Waals surface area contributed by atoms with Gasteiger partial charge in [0, 0.05) is 32.5 Å². The number of nitrogen functional groups attached to an aromatic ring is 1. The third kappa shape index (κ3) is 3.00. The van der Waals surface area contributed by atoms with Gasteiger partial charge < -0.3 is 20.4 Å². The number of amides is 1. The number of rotatable bonds is 6. The number of carbonyl (C=O) groups excluding carboxylic acids is 1. The number of hydrogen-bond donors (Lipinski definition) is 2. The van der Waals surface area contributed by atoms with E-state index in [0.717, 1.165) is 19.3 Å². The Balaban J connectivity index is 1.93. The molecule has 0 spiro atoms. The largest absolute Gasteiger partial charge is 0.397 e. The van der Waals surface area contributed by atoms with Gasteiger partial charge in [0.2, 0.25) is 0 Å². The molecule has 0 bridgehead atoms. The molecule has 1 fully saturated rings. The Labute approximate surface area is 101 Å². The van der Waals surface area contributed by atoms with E-state index in [-0.39, 0.29) is 5.91 Å². The molecule has 0 atom stereocenters. The minimum Gasteiger partial charge on any atom is -0.397 e. The number of aromatic nitrogens is 1. The highest BCUT2D eigenvalue weighted by Crippen LogP contribution is 2.37. The molecule has 0 unspecified atom stereocenters. The minimum absolute atomic E-state index is 0.0512. The Kier molecular flexibility index (Phi) is 3.68. The lowest BCUT2D eigenvalue weighted by molar-refractivity contribution is 0.0939. The molecule has 5 nitrogen and oxygen atoms in total. The van der Waals surface area contributed by atoms with E-state index in [1.165, 1.54) is 0 Å². The highest BCUT2D eigenvalue weighted by atomic mass is 16.5. The molecule has 2 rings (SSSR count). The molecular formula is C12H19N3O2. The average molecular weight is 237 g/mol. The molecule has 1 saturated carbocycles. The topological polar surface area (TPSA) is 69.3 Å². The number of nitrogens with zero attached hydrogens (tertiary/aromatic N) is 1. The number of nitrogens with two attached hydrogens (primary N) is 1. The van der Waals surface area contributed by atoms with E-state index in [1.807, 2.05) is 10.8 Å². The quantitative estimate of drug-likeness (QED) is 0.730. The maximum absolute atomic E-state index is 11.9. The molecule has 1 aromatic heterocycles. The van der Waals surface area contributed by atoms with Crippen molar-refractivity contribution in [2.24, 2.45) is 0 Å². The summed E-state index contributed by atoms with van der Waals surface area (Å²) in [5, 5.41) is 2.87. The van der Waals surface area contributed by atoms with Gasteiger partial charge in [-0.25, -0.2) is 0 Å². The summed E-state index contributed by atoms with van der Waals surface area (Å²) in [7, 11) is 1.65. The number of hydrogen-bond acceptors (Lipinski definition) is 3. The van der Waals surface area contributed by atoms with Gasteiger partial charge in [-0.3, -0.25) is 4.79 Å². The van der Waals surface area contributed by atoms with Crippen LogP contribution in [0.1, 0.15) is 35.8 Å². The Morgan fingerprint density at radius 1 is 1.65 bits per heavy atom. The van der Waals surface area contributed by atoms with E-state index >= 15 is 0 Å². The van der Waals surface area contributed by atoms with E-state index < -0.39 is 0 Å². The molecule has 0 saturated heterocycles. The van der Waals surface area contributed by atoms with E-state index in [4.69, 9.17) is 10.5 Å². The maximum Gasteiger partial charge on any atom is 0.267 e. The molecule has 0 aliphatic heterocycles. The summed E-state index contributed by atoms with van der Waals surface area (Å²) in [4.78, 5) is 11.9. The Bertz CT molecular complexity index is 396. The summed E-state index contributed by atoms with van der Waals surface area (Å²) >= 11 is 0. The molecule has 94 valence electrons. The molecule has 1 heterocycles. The fourth-order valence-electron chi connectivity index (χ4n) is 1.85. The predicted molar refractivity (Wildman–Crippen MR) is 65.9 cm³/mol. The standard InChI is InChI=1S/C12H19N3O2/c1-17-6-2-5-14-12(16)11-7-9(13)8-15(11)10-3-4-10/h7-8,10H,2-6,13H2,1H3,(H,14,16). The van der Waals surface area contributed by atoms with Crippen LogP contribution in [-0.4, -0.2) is 30.7 Å². The monoisotopic (exact) mass is 237 g/mol. The van der Waals surface area contributed by atoms with Crippen LogP contribution >= 0.6 is 0 Å². The summed E-state index contributed by atoms with van der Waals surface area (Å²) in [5.74, 6) is -0.0512. The van der Waals surface area contributed by atoms with Gasteiger partial charge >= 0.3 is 0 Å². The van der Waals surface area contributed by atoms with E-state index in [2.05, 4.69) is 5.32 Å². The fourth-order valence-corrected chi connectivity index (χ4v) is 1.85.